The van der Waals surface area contributed by atoms with Crippen LogP contribution in [0.5, 0.6) is 0 Å². The van der Waals surface area contributed by atoms with Gasteiger partial charge in [-0.2, -0.15) is 0 Å². The van der Waals surface area contributed by atoms with E-state index in [4.69, 9.17) is 5.73 Å². The topological polar surface area (TPSA) is 125 Å². The Morgan fingerprint density at radius 2 is 1.62 bits per heavy atom. The monoisotopic (exact) mass is 321 g/mol. The first-order chi connectivity index (χ1) is 11.6. The molecule has 2 N–H and O–H groups in total. The molecule has 8 heteroatoms. The first kappa shape index (κ1) is 15.2. The van der Waals surface area contributed by atoms with Gasteiger partial charge in [0, 0.05) is 23.3 Å². The van der Waals surface area contributed by atoms with E-state index in [-0.39, 0.29) is 22.9 Å². The number of nitro benzene ring substituents is 1. The third-order valence-corrected chi connectivity index (χ3v) is 3.30. The van der Waals surface area contributed by atoms with Crippen LogP contribution in [0.25, 0.3) is 22.6 Å². The highest BCUT2D eigenvalue weighted by atomic mass is 16.6. The zero-order chi connectivity index (χ0) is 17.1. The summed E-state index contributed by atoms with van der Waals surface area (Å²) in [6, 6.07) is 14.6. The number of non-ortho nitro benzene ring substituents is 1. The van der Waals surface area contributed by atoms with Crippen LogP contribution in [-0.2, 0) is 0 Å². The van der Waals surface area contributed by atoms with E-state index in [1.54, 1.807) is 24.3 Å². The van der Waals surface area contributed by atoms with E-state index in [1.807, 2.05) is 6.07 Å². The SMILES string of the molecule is NC(=O)c1nc(-c2ccc([N+](=O)[O-])cc2)nnc1-c1ccccc1. The summed E-state index contributed by atoms with van der Waals surface area (Å²) in [6.45, 7) is 0. The second kappa shape index (κ2) is 6.21. The van der Waals surface area contributed by atoms with Gasteiger partial charge in [-0.05, 0) is 12.1 Å². The molecule has 1 aromatic heterocycles. The summed E-state index contributed by atoms with van der Waals surface area (Å²) in [5, 5.41) is 18.8. The number of carbonyl (C=O) groups is 1. The molecule has 3 rings (SSSR count). The highest BCUT2D eigenvalue weighted by molar-refractivity contribution is 5.97. The number of nitrogens with zero attached hydrogens (tertiary/aromatic N) is 4. The molecule has 1 heterocycles. The molecular weight excluding hydrogens is 310 g/mol. The molecule has 2 aromatic carbocycles. The highest BCUT2D eigenvalue weighted by Gasteiger charge is 2.17. The lowest BCUT2D eigenvalue weighted by Gasteiger charge is -2.06. The third-order valence-electron chi connectivity index (χ3n) is 3.30. The molecule has 0 spiro atoms. The molecule has 0 fully saturated rings. The first-order valence-corrected chi connectivity index (χ1v) is 6.91. The highest BCUT2D eigenvalue weighted by Crippen LogP contribution is 2.23. The Hall–Kier alpha value is -3.68. The molecule has 0 atom stereocenters. The van der Waals surface area contributed by atoms with Gasteiger partial charge in [0.15, 0.2) is 11.5 Å². The summed E-state index contributed by atoms with van der Waals surface area (Å²) in [4.78, 5) is 26.1. The lowest BCUT2D eigenvalue weighted by atomic mass is 10.1. The maximum atomic E-state index is 11.7. The molecule has 0 unspecified atom stereocenters. The summed E-state index contributed by atoms with van der Waals surface area (Å²) in [7, 11) is 0. The van der Waals surface area contributed by atoms with Crippen molar-refractivity contribution >= 4 is 11.6 Å². The van der Waals surface area contributed by atoms with Crippen LogP contribution in [0.3, 0.4) is 0 Å². The van der Waals surface area contributed by atoms with E-state index in [9.17, 15) is 14.9 Å². The maximum absolute atomic E-state index is 11.7. The quantitative estimate of drug-likeness (QED) is 0.580. The van der Waals surface area contributed by atoms with E-state index in [0.717, 1.165) is 0 Å². The van der Waals surface area contributed by atoms with Crippen molar-refractivity contribution in [1.82, 2.24) is 15.2 Å². The third kappa shape index (κ3) is 2.93. The van der Waals surface area contributed by atoms with Gasteiger partial charge in [-0.1, -0.05) is 30.3 Å². The summed E-state index contributed by atoms with van der Waals surface area (Å²) in [5.41, 5.74) is 6.79. The molecular formula is C16H11N5O3. The van der Waals surface area contributed by atoms with Crippen molar-refractivity contribution in [3.8, 4) is 22.6 Å². The number of benzene rings is 2. The van der Waals surface area contributed by atoms with Crippen molar-refractivity contribution in [1.29, 1.82) is 0 Å². The molecule has 0 radical (unpaired) electrons. The zero-order valence-corrected chi connectivity index (χ0v) is 12.3. The number of rotatable bonds is 4. The molecule has 3 aromatic rings. The number of amides is 1. The van der Waals surface area contributed by atoms with E-state index in [0.29, 0.717) is 11.1 Å². The fourth-order valence-electron chi connectivity index (χ4n) is 2.14. The number of aromatic nitrogens is 3. The molecule has 0 aliphatic heterocycles. The minimum Gasteiger partial charge on any atom is -0.364 e. The van der Waals surface area contributed by atoms with Gasteiger partial charge < -0.3 is 5.73 Å². The van der Waals surface area contributed by atoms with Crippen LogP contribution in [0.4, 0.5) is 5.69 Å². The van der Waals surface area contributed by atoms with Crippen molar-refractivity contribution in [2.75, 3.05) is 0 Å². The van der Waals surface area contributed by atoms with Crippen LogP contribution in [-0.4, -0.2) is 26.0 Å². The molecule has 0 saturated carbocycles. The summed E-state index contributed by atoms with van der Waals surface area (Å²) in [5.74, 6) is -0.565. The number of primary amides is 1. The molecule has 8 nitrogen and oxygen atoms in total. The number of carbonyl (C=O) groups excluding carboxylic acids is 1. The van der Waals surface area contributed by atoms with Gasteiger partial charge >= 0.3 is 0 Å². The molecule has 1 amide bonds. The van der Waals surface area contributed by atoms with Crippen LogP contribution in [0.15, 0.2) is 54.6 Å². The molecule has 0 bridgehead atoms. The standard InChI is InChI=1S/C16H11N5O3/c17-15(22)14-13(10-4-2-1-3-5-10)19-20-16(18-14)11-6-8-12(9-7-11)21(23)24/h1-9H,(H2,17,22). The van der Waals surface area contributed by atoms with E-state index < -0.39 is 10.8 Å². The smallest absolute Gasteiger partial charge is 0.269 e. The average molecular weight is 321 g/mol. The normalized spacial score (nSPS) is 10.3. The fourth-order valence-corrected chi connectivity index (χ4v) is 2.14. The Morgan fingerprint density at radius 3 is 2.21 bits per heavy atom. The van der Waals surface area contributed by atoms with Crippen molar-refractivity contribution in [2.45, 2.75) is 0 Å². The van der Waals surface area contributed by atoms with Gasteiger partial charge in [0.1, 0.15) is 5.69 Å². The van der Waals surface area contributed by atoms with E-state index >= 15 is 0 Å². The number of hydrogen-bond acceptors (Lipinski definition) is 6. The molecule has 24 heavy (non-hydrogen) atoms. The van der Waals surface area contributed by atoms with Gasteiger partial charge in [-0.15, -0.1) is 10.2 Å². The van der Waals surface area contributed by atoms with Gasteiger partial charge in [0.2, 0.25) is 0 Å². The van der Waals surface area contributed by atoms with Gasteiger partial charge in [0.05, 0.1) is 4.92 Å². The number of nitrogens with two attached hydrogens (primary N) is 1. The van der Waals surface area contributed by atoms with Crippen molar-refractivity contribution in [2.24, 2.45) is 5.73 Å². The van der Waals surface area contributed by atoms with Crippen LogP contribution in [0.1, 0.15) is 10.5 Å². The van der Waals surface area contributed by atoms with Crippen LogP contribution in [0, 0.1) is 10.1 Å². The van der Waals surface area contributed by atoms with E-state index in [1.165, 1.54) is 24.3 Å². The molecule has 0 aliphatic carbocycles. The second-order valence-electron chi connectivity index (χ2n) is 4.87. The molecule has 0 aliphatic rings. The molecule has 0 saturated heterocycles. The Kier molecular flexibility index (Phi) is 3.94. The Bertz CT molecular complexity index is 911. The minimum absolute atomic E-state index is 0.00967. The number of nitro groups is 1. The average Bonchev–Trinajstić information content (AvgIpc) is 2.62. The predicted octanol–water partition coefficient (Wildman–Crippen LogP) is 2.21. The number of hydrogen-bond donors (Lipinski definition) is 1. The largest absolute Gasteiger partial charge is 0.364 e. The predicted molar refractivity (Wildman–Crippen MR) is 85.9 cm³/mol. The minimum atomic E-state index is -0.730. The Balaban J connectivity index is 2.06. The summed E-state index contributed by atoms with van der Waals surface area (Å²) >= 11 is 0. The van der Waals surface area contributed by atoms with Crippen LogP contribution < -0.4 is 5.73 Å². The maximum Gasteiger partial charge on any atom is 0.269 e. The van der Waals surface area contributed by atoms with Gasteiger partial charge in [-0.3, -0.25) is 14.9 Å². The second-order valence-corrected chi connectivity index (χ2v) is 4.87. The summed E-state index contributed by atoms with van der Waals surface area (Å²) < 4.78 is 0. The van der Waals surface area contributed by atoms with E-state index in [2.05, 4.69) is 15.2 Å². The lowest BCUT2D eigenvalue weighted by Crippen LogP contribution is -2.17. The van der Waals surface area contributed by atoms with Gasteiger partial charge in [-0.25, -0.2) is 4.98 Å². The Morgan fingerprint density at radius 1 is 0.958 bits per heavy atom. The fraction of sp³-hybridized carbons (Fsp3) is 0. The Labute approximate surface area is 136 Å². The van der Waals surface area contributed by atoms with Crippen molar-refractivity contribution in [3.05, 3.63) is 70.4 Å². The summed E-state index contributed by atoms with van der Waals surface area (Å²) in [6.07, 6.45) is 0. The first-order valence-electron chi connectivity index (χ1n) is 6.91. The van der Waals surface area contributed by atoms with Crippen LogP contribution >= 0.6 is 0 Å². The van der Waals surface area contributed by atoms with Gasteiger partial charge in [0.25, 0.3) is 11.6 Å². The zero-order valence-electron chi connectivity index (χ0n) is 12.3. The van der Waals surface area contributed by atoms with Crippen LogP contribution in [0.2, 0.25) is 0 Å². The van der Waals surface area contributed by atoms with Crippen molar-refractivity contribution < 1.29 is 9.72 Å². The lowest BCUT2D eigenvalue weighted by molar-refractivity contribution is -0.384. The van der Waals surface area contributed by atoms with Crippen molar-refractivity contribution in [3.63, 3.8) is 0 Å². The molecule has 118 valence electrons.